The largest absolute Gasteiger partial charge is 0.378 e. The fourth-order valence-electron chi connectivity index (χ4n) is 6.07. The molecule has 1 heterocycles. The first-order valence-electron chi connectivity index (χ1n) is 13.4. The van der Waals surface area contributed by atoms with Gasteiger partial charge >= 0.3 is 0 Å². The van der Waals surface area contributed by atoms with E-state index in [2.05, 4.69) is 96.1 Å². The third kappa shape index (κ3) is 4.84. The van der Waals surface area contributed by atoms with E-state index in [-0.39, 0.29) is 0 Å². The lowest BCUT2D eigenvalue weighted by molar-refractivity contribution is 0.360. The highest BCUT2D eigenvalue weighted by atomic mass is 32.1. The number of hydrogen-bond acceptors (Lipinski definition) is 3. The molecule has 0 amide bonds. The number of allylic oxidation sites excluding steroid dienone is 4. The molecule has 1 N–H and O–H groups in total. The number of benzene rings is 2. The van der Waals surface area contributed by atoms with E-state index in [9.17, 15) is 0 Å². The molecule has 6 rings (SSSR count). The summed E-state index contributed by atoms with van der Waals surface area (Å²) in [5, 5.41) is 6.65. The Morgan fingerprint density at radius 1 is 1.00 bits per heavy atom. The highest BCUT2D eigenvalue weighted by Crippen LogP contribution is 2.34. The van der Waals surface area contributed by atoms with Gasteiger partial charge in [-0.1, -0.05) is 68.7 Å². The van der Waals surface area contributed by atoms with Gasteiger partial charge in [-0.3, -0.25) is 0 Å². The number of rotatable bonds is 6. The second-order valence-electron chi connectivity index (χ2n) is 10.6. The van der Waals surface area contributed by atoms with Gasteiger partial charge in [-0.05, 0) is 84.5 Å². The van der Waals surface area contributed by atoms with Crippen molar-refractivity contribution < 1.29 is 0 Å². The summed E-state index contributed by atoms with van der Waals surface area (Å²) in [6.45, 7) is 3.52. The highest BCUT2D eigenvalue weighted by molar-refractivity contribution is 7.17. The van der Waals surface area contributed by atoms with Crippen LogP contribution in [0.3, 0.4) is 0 Å². The Morgan fingerprint density at radius 3 is 2.77 bits per heavy atom. The Bertz CT molecular complexity index is 1370. The van der Waals surface area contributed by atoms with Crippen LogP contribution in [-0.2, 0) is 0 Å². The smallest absolute Gasteiger partial charge is 0.0495 e. The summed E-state index contributed by atoms with van der Waals surface area (Å²) in [7, 11) is 0. The number of nitrogens with zero attached hydrogens (tertiary/aromatic N) is 1. The zero-order valence-corrected chi connectivity index (χ0v) is 21.6. The molecule has 3 aliphatic rings. The van der Waals surface area contributed by atoms with Crippen LogP contribution in [0.4, 0.5) is 11.4 Å². The molecule has 3 aliphatic carbocycles. The van der Waals surface area contributed by atoms with E-state index >= 15 is 0 Å². The molecule has 2 aromatic carbocycles. The van der Waals surface area contributed by atoms with Crippen molar-refractivity contribution in [3.05, 3.63) is 82.2 Å². The third-order valence-electron chi connectivity index (χ3n) is 7.98. The molecule has 1 aromatic heterocycles. The summed E-state index contributed by atoms with van der Waals surface area (Å²) >= 11 is 1.91. The lowest BCUT2D eigenvalue weighted by Crippen LogP contribution is -2.33. The van der Waals surface area contributed by atoms with Crippen molar-refractivity contribution in [1.29, 1.82) is 0 Å². The summed E-state index contributed by atoms with van der Waals surface area (Å²) < 4.78 is 2.79. The lowest BCUT2D eigenvalue weighted by Gasteiger charge is -2.36. The Morgan fingerprint density at radius 2 is 1.89 bits per heavy atom. The van der Waals surface area contributed by atoms with Crippen LogP contribution in [0.2, 0.25) is 0 Å². The number of anilines is 2. The maximum atomic E-state index is 3.84. The molecule has 0 saturated heterocycles. The van der Waals surface area contributed by atoms with Gasteiger partial charge in [-0.25, -0.2) is 0 Å². The van der Waals surface area contributed by atoms with Gasteiger partial charge in [0.25, 0.3) is 0 Å². The number of hydrogen-bond donors (Lipinski definition) is 1. The maximum Gasteiger partial charge on any atom is 0.0495 e. The zero-order valence-electron chi connectivity index (χ0n) is 20.7. The fraction of sp³-hybridized carbons (Fsp3) is 0.375. The van der Waals surface area contributed by atoms with Crippen molar-refractivity contribution in [3.8, 4) is 0 Å². The molecule has 3 aromatic rings. The first kappa shape index (κ1) is 22.7. The Kier molecular flexibility index (Phi) is 6.52. The summed E-state index contributed by atoms with van der Waals surface area (Å²) in [4.78, 5) is 2.64. The van der Waals surface area contributed by atoms with Gasteiger partial charge in [0, 0.05) is 38.9 Å². The lowest BCUT2D eigenvalue weighted by atomic mass is 9.88. The van der Waals surface area contributed by atoms with Crippen LogP contribution in [0.1, 0.15) is 51.9 Å². The predicted octanol–water partition coefficient (Wildman–Crippen LogP) is 7.21. The fourth-order valence-corrected chi connectivity index (χ4v) is 7.28. The summed E-state index contributed by atoms with van der Waals surface area (Å²) in [5.74, 6) is 1.36. The number of fused-ring (bicyclic) bond motifs is 3. The van der Waals surface area contributed by atoms with Crippen molar-refractivity contribution in [2.24, 2.45) is 11.8 Å². The molecule has 0 bridgehead atoms. The van der Waals surface area contributed by atoms with Crippen molar-refractivity contribution >= 4 is 44.9 Å². The van der Waals surface area contributed by atoms with Crippen LogP contribution in [0.5, 0.6) is 0 Å². The molecular formula is C32H36N2S. The topological polar surface area (TPSA) is 15.3 Å². The van der Waals surface area contributed by atoms with Crippen LogP contribution in [0.25, 0.3) is 22.2 Å². The molecule has 0 radical (unpaired) electrons. The first-order chi connectivity index (χ1) is 17.2. The Balaban J connectivity index is 1.27. The van der Waals surface area contributed by atoms with E-state index in [4.69, 9.17) is 0 Å². The summed E-state index contributed by atoms with van der Waals surface area (Å²) in [5.41, 5.74) is 4.02. The SMILES string of the molecule is CC1CC=CC=C1N(CC1CCCCC1)c1cccc(NC2C=c3sc4ccccc4c3=CC2)c1. The molecule has 2 atom stereocenters. The van der Waals surface area contributed by atoms with Crippen molar-refractivity contribution in [2.45, 2.75) is 57.9 Å². The minimum Gasteiger partial charge on any atom is -0.378 e. The second kappa shape index (κ2) is 10.1. The second-order valence-corrected chi connectivity index (χ2v) is 11.6. The molecule has 2 nitrogen and oxygen atoms in total. The van der Waals surface area contributed by atoms with E-state index in [0.29, 0.717) is 12.0 Å². The molecule has 0 spiro atoms. The van der Waals surface area contributed by atoms with Crippen LogP contribution < -0.4 is 20.0 Å². The van der Waals surface area contributed by atoms with E-state index in [1.54, 1.807) is 0 Å². The standard InChI is InChI=1S/C32H36N2S/c1-23-10-5-7-16-30(23)34(22-24-11-3-2-4-12-24)27-14-9-13-25(20-27)33-26-18-19-29-28-15-6-8-17-31(28)35-32(29)21-26/h5-9,13-17,19-21,23-24,26,33H,2-4,10-12,18,22H2,1H3. The molecule has 1 fully saturated rings. The van der Waals surface area contributed by atoms with Crippen molar-refractivity contribution in [1.82, 2.24) is 0 Å². The van der Waals surface area contributed by atoms with Gasteiger partial charge in [-0.2, -0.15) is 0 Å². The van der Waals surface area contributed by atoms with Crippen LogP contribution in [0.15, 0.2) is 72.5 Å². The van der Waals surface area contributed by atoms with E-state index in [0.717, 1.165) is 25.3 Å². The summed E-state index contributed by atoms with van der Waals surface area (Å²) in [6, 6.07) is 18.3. The number of thiophene rings is 1. The molecule has 0 aliphatic heterocycles. The van der Waals surface area contributed by atoms with Crippen LogP contribution in [0, 0.1) is 11.8 Å². The Labute approximate surface area is 213 Å². The zero-order chi connectivity index (χ0) is 23.6. The Hall–Kier alpha value is -2.78. The van der Waals surface area contributed by atoms with E-state index in [1.165, 1.54) is 69.0 Å². The van der Waals surface area contributed by atoms with Crippen molar-refractivity contribution in [3.63, 3.8) is 0 Å². The molecule has 1 saturated carbocycles. The van der Waals surface area contributed by atoms with E-state index in [1.807, 2.05) is 11.3 Å². The van der Waals surface area contributed by atoms with Gasteiger partial charge in [0.15, 0.2) is 0 Å². The van der Waals surface area contributed by atoms with Gasteiger partial charge < -0.3 is 10.2 Å². The maximum absolute atomic E-state index is 3.84. The van der Waals surface area contributed by atoms with Gasteiger partial charge in [0.05, 0.1) is 0 Å². The molecular weight excluding hydrogens is 444 g/mol. The minimum atomic E-state index is 0.327. The average molecular weight is 481 g/mol. The molecule has 35 heavy (non-hydrogen) atoms. The van der Waals surface area contributed by atoms with Crippen LogP contribution >= 0.6 is 11.3 Å². The predicted molar refractivity (Wildman–Crippen MR) is 153 cm³/mol. The molecule has 180 valence electrons. The van der Waals surface area contributed by atoms with Gasteiger partial charge in [0.1, 0.15) is 0 Å². The number of nitrogens with one attached hydrogen (secondary N) is 1. The molecule has 3 heteroatoms. The minimum absolute atomic E-state index is 0.327. The first-order valence-corrected chi connectivity index (χ1v) is 14.3. The molecule has 2 unspecified atom stereocenters. The summed E-state index contributed by atoms with van der Waals surface area (Å²) in [6.07, 6.45) is 20.9. The van der Waals surface area contributed by atoms with E-state index < -0.39 is 0 Å². The van der Waals surface area contributed by atoms with Crippen molar-refractivity contribution in [2.75, 3.05) is 16.8 Å². The highest BCUT2D eigenvalue weighted by Gasteiger charge is 2.24. The normalized spacial score (nSPS) is 22.1. The average Bonchev–Trinajstić information content (AvgIpc) is 3.26. The monoisotopic (exact) mass is 480 g/mol. The quantitative estimate of drug-likeness (QED) is 0.401. The van der Waals surface area contributed by atoms with Gasteiger partial charge in [0.2, 0.25) is 0 Å². The van der Waals surface area contributed by atoms with Crippen LogP contribution in [-0.4, -0.2) is 12.6 Å². The third-order valence-corrected chi connectivity index (χ3v) is 9.13. The van der Waals surface area contributed by atoms with Gasteiger partial charge in [-0.15, -0.1) is 11.3 Å².